The second-order valence-electron chi connectivity index (χ2n) is 5.57. The average molecular weight is 329 g/mol. The molecule has 1 fully saturated rings. The van der Waals surface area contributed by atoms with Gasteiger partial charge in [-0.05, 0) is 37.1 Å². The van der Waals surface area contributed by atoms with Crippen molar-refractivity contribution in [2.24, 2.45) is 0 Å². The normalized spacial score (nSPS) is 17.2. The molecule has 0 aromatic heterocycles. The Bertz CT molecular complexity index is 786. The molecular formula is C16H15N3O5. The molecule has 2 heterocycles. The van der Waals surface area contributed by atoms with Crippen LogP contribution >= 0.6 is 0 Å². The topological polar surface area (TPSA) is 104 Å². The summed E-state index contributed by atoms with van der Waals surface area (Å²) in [5, 5.41) is 2.71. The van der Waals surface area contributed by atoms with E-state index in [4.69, 9.17) is 0 Å². The first-order valence-corrected chi connectivity index (χ1v) is 7.55. The number of fused-ring (bicyclic) bond motifs is 1. The molecule has 8 nitrogen and oxygen atoms in total. The molecule has 0 atom stereocenters. The number of hydrogen-bond donors (Lipinski definition) is 1. The highest BCUT2D eigenvalue weighted by molar-refractivity contribution is 6.45. The Kier molecular flexibility index (Phi) is 3.88. The van der Waals surface area contributed by atoms with Gasteiger partial charge in [-0.15, -0.1) is 0 Å². The van der Waals surface area contributed by atoms with Crippen molar-refractivity contribution in [2.75, 3.05) is 18.4 Å². The van der Waals surface area contributed by atoms with E-state index in [0.29, 0.717) is 29.0 Å². The number of carbonyl (C=O) groups excluding carboxylic acids is 5. The maximum absolute atomic E-state index is 12.4. The number of hydrogen-bond acceptors (Lipinski definition) is 5. The molecule has 2 aliphatic rings. The molecule has 1 aromatic carbocycles. The first kappa shape index (κ1) is 15.9. The molecule has 1 aromatic rings. The van der Waals surface area contributed by atoms with Gasteiger partial charge in [0.15, 0.2) is 5.78 Å². The Hall–Kier alpha value is -3.03. The number of benzene rings is 1. The third-order valence-electron chi connectivity index (χ3n) is 4.08. The zero-order valence-corrected chi connectivity index (χ0v) is 13.0. The maximum Gasteiger partial charge on any atom is 0.334 e. The maximum atomic E-state index is 12.4. The van der Waals surface area contributed by atoms with Gasteiger partial charge in [-0.25, -0.2) is 9.69 Å². The van der Waals surface area contributed by atoms with Crippen LogP contribution in [-0.2, 0) is 20.8 Å². The number of Topliss-reactive ketones (excluding diaryl/α,β-unsaturated/α-hetero) is 1. The molecule has 0 saturated carbocycles. The molecule has 2 aliphatic heterocycles. The van der Waals surface area contributed by atoms with Crippen molar-refractivity contribution in [3.05, 3.63) is 29.3 Å². The largest absolute Gasteiger partial charge is 0.334 e. The SMILES string of the molecule is CCN1C(=O)C(=O)N(CC(=O)c2ccc3c(c2)CCC(=O)N3)C1=O. The zero-order chi connectivity index (χ0) is 17.4. The van der Waals surface area contributed by atoms with Crippen molar-refractivity contribution in [3.63, 3.8) is 0 Å². The van der Waals surface area contributed by atoms with Gasteiger partial charge in [0.05, 0.1) is 6.54 Å². The Morgan fingerprint density at radius 1 is 1.08 bits per heavy atom. The molecule has 124 valence electrons. The van der Waals surface area contributed by atoms with E-state index in [1.807, 2.05) is 0 Å². The fraction of sp³-hybridized carbons (Fsp3) is 0.312. The molecule has 1 N–H and O–H groups in total. The lowest BCUT2D eigenvalue weighted by atomic mass is 9.98. The van der Waals surface area contributed by atoms with Crippen LogP contribution in [0.5, 0.6) is 0 Å². The van der Waals surface area contributed by atoms with Crippen LogP contribution in [0.2, 0.25) is 0 Å². The minimum atomic E-state index is -0.986. The van der Waals surface area contributed by atoms with Gasteiger partial charge in [-0.2, -0.15) is 0 Å². The van der Waals surface area contributed by atoms with Crippen LogP contribution in [0, 0.1) is 0 Å². The van der Waals surface area contributed by atoms with Gasteiger partial charge >= 0.3 is 17.8 Å². The Morgan fingerprint density at radius 2 is 1.79 bits per heavy atom. The summed E-state index contributed by atoms with van der Waals surface area (Å²) in [4.78, 5) is 60.7. The minimum absolute atomic E-state index is 0.0759. The molecule has 3 rings (SSSR count). The Labute approximate surface area is 137 Å². The van der Waals surface area contributed by atoms with Crippen molar-refractivity contribution in [1.82, 2.24) is 9.80 Å². The zero-order valence-electron chi connectivity index (χ0n) is 13.0. The van der Waals surface area contributed by atoms with Gasteiger partial charge in [0.1, 0.15) is 0 Å². The van der Waals surface area contributed by atoms with Crippen molar-refractivity contribution in [3.8, 4) is 0 Å². The summed E-state index contributed by atoms with van der Waals surface area (Å²) in [5.74, 6) is -2.42. The van der Waals surface area contributed by atoms with Crippen LogP contribution in [-0.4, -0.2) is 52.4 Å². The van der Waals surface area contributed by atoms with E-state index in [1.54, 1.807) is 19.1 Å². The number of aryl methyl sites for hydroxylation is 1. The number of anilines is 1. The lowest BCUT2D eigenvalue weighted by molar-refractivity contribution is -0.143. The summed E-state index contributed by atoms with van der Waals surface area (Å²) in [7, 11) is 0. The molecule has 0 radical (unpaired) electrons. The number of nitrogens with one attached hydrogen (secondary N) is 1. The number of imide groups is 2. The number of rotatable bonds is 4. The number of nitrogens with zero attached hydrogens (tertiary/aromatic N) is 2. The molecule has 8 heteroatoms. The molecule has 0 unspecified atom stereocenters. The molecule has 24 heavy (non-hydrogen) atoms. The standard InChI is InChI=1S/C16H15N3O5/c1-2-18-14(22)15(23)19(16(18)24)8-12(20)10-3-5-11-9(7-10)4-6-13(21)17-11/h3,5,7H,2,4,6,8H2,1H3,(H,17,21). The van der Waals surface area contributed by atoms with Crippen LogP contribution < -0.4 is 5.32 Å². The number of urea groups is 1. The number of ketones is 1. The van der Waals surface area contributed by atoms with Crippen LogP contribution in [0.15, 0.2) is 18.2 Å². The summed E-state index contributed by atoms with van der Waals surface area (Å²) in [5.41, 5.74) is 1.81. The van der Waals surface area contributed by atoms with Gasteiger partial charge < -0.3 is 5.32 Å². The Morgan fingerprint density at radius 3 is 2.46 bits per heavy atom. The van der Waals surface area contributed by atoms with Gasteiger partial charge in [-0.1, -0.05) is 0 Å². The van der Waals surface area contributed by atoms with E-state index in [1.165, 1.54) is 6.07 Å². The lowest BCUT2D eigenvalue weighted by Gasteiger charge is -2.18. The van der Waals surface area contributed by atoms with Crippen LogP contribution in [0.3, 0.4) is 0 Å². The molecular weight excluding hydrogens is 314 g/mol. The fourth-order valence-electron chi connectivity index (χ4n) is 2.76. The van der Waals surface area contributed by atoms with Crippen molar-refractivity contribution in [1.29, 1.82) is 0 Å². The van der Waals surface area contributed by atoms with Crippen molar-refractivity contribution >= 4 is 35.2 Å². The fourth-order valence-corrected chi connectivity index (χ4v) is 2.76. The minimum Gasteiger partial charge on any atom is -0.326 e. The van der Waals surface area contributed by atoms with Crippen LogP contribution in [0.1, 0.15) is 29.3 Å². The average Bonchev–Trinajstić information content (AvgIpc) is 2.77. The highest BCUT2D eigenvalue weighted by atomic mass is 16.2. The number of carbonyl (C=O) groups is 5. The lowest BCUT2D eigenvalue weighted by Crippen LogP contribution is -2.37. The quantitative estimate of drug-likeness (QED) is 0.494. The van der Waals surface area contributed by atoms with E-state index < -0.39 is 30.2 Å². The van der Waals surface area contributed by atoms with Crippen molar-refractivity contribution in [2.45, 2.75) is 19.8 Å². The number of amides is 5. The molecule has 0 spiro atoms. The second-order valence-corrected chi connectivity index (χ2v) is 5.57. The highest BCUT2D eigenvalue weighted by Gasteiger charge is 2.44. The van der Waals surface area contributed by atoms with Crippen LogP contribution in [0.25, 0.3) is 0 Å². The van der Waals surface area contributed by atoms with E-state index in [-0.39, 0.29) is 12.5 Å². The van der Waals surface area contributed by atoms with Gasteiger partial charge in [-0.3, -0.25) is 24.1 Å². The third-order valence-corrected chi connectivity index (χ3v) is 4.08. The second kappa shape index (κ2) is 5.88. The van der Waals surface area contributed by atoms with E-state index >= 15 is 0 Å². The monoisotopic (exact) mass is 329 g/mol. The van der Waals surface area contributed by atoms with Crippen LogP contribution in [0.4, 0.5) is 10.5 Å². The molecule has 0 bridgehead atoms. The number of likely N-dealkylation sites (N-methyl/N-ethyl adjacent to an activating group) is 1. The smallest absolute Gasteiger partial charge is 0.326 e. The predicted octanol–water partition coefficient (Wildman–Crippen LogP) is 0.565. The predicted molar refractivity (Wildman–Crippen MR) is 82.2 cm³/mol. The van der Waals surface area contributed by atoms with E-state index in [9.17, 15) is 24.0 Å². The van der Waals surface area contributed by atoms with E-state index in [0.717, 1.165) is 10.5 Å². The summed E-state index contributed by atoms with van der Waals surface area (Å²) in [6.07, 6.45) is 0.861. The summed E-state index contributed by atoms with van der Waals surface area (Å²) < 4.78 is 0. The Balaban J connectivity index is 1.78. The third kappa shape index (κ3) is 2.55. The van der Waals surface area contributed by atoms with Gasteiger partial charge in [0, 0.05) is 24.2 Å². The van der Waals surface area contributed by atoms with Crippen molar-refractivity contribution < 1.29 is 24.0 Å². The first-order chi connectivity index (χ1) is 11.4. The molecule has 0 aliphatic carbocycles. The summed E-state index contributed by atoms with van der Waals surface area (Å²) in [6.45, 7) is 1.17. The van der Waals surface area contributed by atoms with Gasteiger partial charge in [0.25, 0.3) is 0 Å². The van der Waals surface area contributed by atoms with Gasteiger partial charge in [0.2, 0.25) is 5.91 Å². The first-order valence-electron chi connectivity index (χ1n) is 7.55. The molecule has 5 amide bonds. The summed E-state index contributed by atoms with van der Waals surface area (Å²) in [6, 6.07) is 4.02. The highest BCUT2D eigenvalue weighted by Crippen LogP contribution is 2.24. The molecule has 1 saturated heterocycles. The van der Waals surface area contributed by atoms with E-state index in [2.05, 4.69) is 5.32 Å². The summed E-state index contributed by atoms with van der Waals surface area (Å²) >= 11 is 0.